The highest BCUT2D eigenvalue weighted by Crippen LogP contribution is 2.49. The number of morpholine rings is 2. The monoisotopic (exact) mass is 1330 g/mol. The number of phenols is 1. The molecule has 8 aromatic rings. The summed E-state index contributed by atoms with van der Waals surface area (Å²) in [5, 5.41) is 23.1. The van der Waals surface area contributed by atoms with Crippen molar-refractivity contribution in [1.82, 2.24) is 19.8 Å². The lowest BCUT2D eigenvalue weighted by atomic mass is 10.0. The Morgan fingerprint density at radius 1 is 0.516 bits per heavy atom. The lowest BCUT2D eigenvalue weighted by Crippen LogP contribution is -2.37. The third-order valence-electron chi connectivity index (χ3n) is 16.0. The third-order valence-corrected chi connectivity index (χ3v) is 16.5. The van der Waals surface area contributed by atoms with Gasteiger partial charge in [-0.05, 0) is 166 Å². The molecule has 2 saturated heterocycles. The highest BCUT2D eigenvalue weighted by Gasteiger charge is 2.57. The third kappa shape index (κ3) is 17.3. The second kappa shape index (κ2) is 30.6. The summed E-state index contributed by atoms with van der Waals surface area (Å²) in [6.07, 6.45) is 6.78. The maximum absolute atomic E-state index is 13.2. The second-order valence-corrected chi connectivity index (χ2v) is 23.3. The summed E-state index contributed by atoms with van der Waals surface area (Å²) in [6, 6.07) is 33.3. The predicted octanol–water partition coefficient (Wildman–Crippen LogP) is 10.2. The van der Waals surface area contributed by atoms with Gasteiger partial charge in [-0.2, -0.15) is 0 Å². The van der Waals surface area contributed by atoms with Gasteiger partial charge in [-0.3, -0.25) is 48.5 Å². The summed E-state index contributed by atoms with van der Waals surface area (Å²) in [5.41, 5.74) is 11.6. The maximum atomic E-state index is 13.2. The number of alkyl halides is 1. The standard InChI is InChI=1S/C34H34FN5O6.C27H21FN4O5.C7H14BrNO/c35-22-2-4-23(5-3-22)38-32(42)34(11-12-34)33(43)39-24-6-8-25(9-7-24)46-29-10-13-37-28-21-30(27(31(36)41)20-26(28)29)45-17-1-14-40-15-18-44-19-16-40;28-15-1-3-16(4-2-15)31-25(35)27(10-11-27)26(36)32-17-5-7-18(8-6-17)37-23-9-12-30-21-14-22(33)20(24(29)34)13-19(21)23;8-2-1-3-9-4-6-10-7-5-9/h2-10,13,20-21H,1,11-12,14-19H2,(H2,36,41)(H,38,42)(H,39,43);1-9,12-14,33H,10-11H2,(H2,29,34)(H,31,35)(H,32,36);1-7H2. The number of nitrogens with two attached hydrogens (primary N) is 2. The van der Waals surface area contributed by atoms with Crippen molar-refractivity contribution in [1.29, 1.82) is 0 Å². The van der Waals surface area contributed by atoms with Gasteiger partial charge in [-0.1, -0.05) is 15.9 Å². The van der Waals surface area contributed by atoms with Crippen molar-refractivity contribution in [2.24, 2.45) is 22.3 Å². The van der Waals surface area contributed by atoms with Gasteiger partial charge in [-0.25, -0.2) is 8.78 Å². The van der Waals surface area contributed by atoms with Crippen LogP contribution < -0.4 is 46.9 Å². The molecule has 93 heavy (non-hydrogen) atoms. The molecule has 9 N–H and O–H groups in total. The minimum absolute atomic E-state index is 0.0547. The average Bonchev–Trinajstić information content (AvgIpc) is 1.66. The molecule has 4 heterocycles. The van der Waals surface area contributed by atoms with Gasteiger partial charge in [-0.15, -0.1) is 0 Å². The highest BCUT2D eigenvalue weighted by molar-refractivity contribution is 9.09. The van der Waals surface area contributed by atoms with Crippen molar-refractivity contribution in [3.63, 3.8) is 0 Å². The Morgan fingerprint density at radius 2 is 0.892 bits per heavy atom. The van der Waals surface area contributed by atoms with E-state index in [-0.39, 0.29) is 16.9 Å². The fourth-order valence-corrected chi connectivity index (χ4v) is 10.5. The first-order valence-electron chi connectivity index (χ1n) is 30.2. The smallest absolute Gasteiger partial charge is 0.252 e. The molecular weight excluding hydrogens is 1270 g/mol. The van der Waals surface area contributed by atoms with Crippen molar-refractivity contribution in [3.05, 3.63) is 169 Å². The number of ether oxygens (including phenoxy) is 5. The van der Waals surface area contributed by atoms with Crippen LogP contribution in [0.15, 0.2) is 146 Å². The molecule has 2 aliphatic heterocycles. The number of nitrogens with one attached hydrogen (secondary N) is 4. The summed E-state index contributed by atoms with van der Waals surface area (Å²) in [7, 11) is 0. The zero-order valence-corrected chi connectivity index (χ0v) is 52.2. The number of benzene rings is 6. The fourth-order valence-electron chi connectivity index (χ4n) is 10.3. The molecule has 22 nitrogen and oxygen atoms in total. The van der Waals surface area contributed by atoms with Gasteiger partial charge < -0.3 is 61.5 Å². The Hall–Kier alpha value is -9.66. The van der Waals surface area contributed by atoms with E-state index >= 15 is 0 Å². The lowest BCUT2D eigenvalue weighted by Gasteiger charge is -2.26. The van der Waals surface area contributed by atoms with Crippen LogP contribution in [0, 0.1) is 22.5 Å². The molecule has 12 rings (SSSR count). The lowest BCUT2D eigenvalue weighted by molar-refractivity contribution is -0.132. The molecule has 2 aromatic heterocycles. The first-order valence-corrected chi connectivity index (χ1v) is 31.4. The number of aromatic hydroxyl groups is 1. The first kappa shape index (κ1) is 66.3. The van der Waals surface area contributed by atoms with Crippen LogP contribution in [0.4, 0.5) is 31.5 Å². The SMILES string of the molecule is BrCCCN1CCOCC1.NC(=O)c1cc2c(Oc3ccc(NC(=O)C4(C(=O)Nc5ccc(F)cc5)CC4)cc3)ccnc2cc1O.NC(=O)c1cc2c(Oc3ccc(NC(=O)C4(C(=O)Nc5ccc(F)cc5)CC4)cc3)ccnc2cc1OCCCN1CCOCC1. The Balaban J connectivity index is 0.000000180. The van der Waals surface area contributed by atoms with Crippen molar-refractivity contribution in [3.8, 4) is 34.5 Å². The Morgan fingerprint density at radius 3 is 1.28 bits per heavy atom. The van der Waals surface area contributed by atoms with Gasteiger partial charge in [0.1, 0.15) is 57.0 Å². The number of carbonyl (C=O) groups is 6. The predicted molar refractivity (Wildman–Crippen MR) is 349 cm³/mol. The van der Waals surface area contributed by atoms with Gasteiger partial charge in [0.15, 0.2) is 0 Å². The van der Waals surface area contributed by atoms with Crippen molar-refractivity contribution in [2.45, 2.75) is 38.5 Å². The van der Waals surface area contributed by atoms with E-state index in [9.17, 15) is 42.7 Å². The Kier molecular flexibility index (Phi) is 21.8. The molecule has 6 amide bonds. The molecule has 2 aliphatic carbocycles. The van der Waals surface area contributed by atoms with Crippen LogP contribution in [0.25, 0.3) is 21.8 Å². The van der Waals surface area contributed by atoms with E-state index in [1.165, 1.54) is 79.8 Å². The van der Waals surface area contributed by atoms with Crippen LogP contribution >= 0.6 is 15.9 Å². The molecule has 0 atom stereocenters. The number of anilines is 4. The fraction of sp³-hybridized carbons (Fsp3) is 0.294. The van der Waals surface area contributed by atoms with Crippen molar-refractivity contribution in [2.75, 3.05) is 98.9 Å². The van der Waals surface area contributed by atoms with E-state index in [1.807, 2.05) is 0 Å². The van der Waals surface area contributed by atoms with Crippen LogP contribution in [0.2, 0.25) is 0 Å². The molecular formula is C68H69BrF2N10O12. The van der Waals surface area contributed by atoms with E-state index in [2.05, 4.69) is 57.0 Å². The van der Waals surface area contributed by atoms with E-state index < -0.39 is 57.9 Å². The first-order chi connectivity index (χ1) is 45.0. The van der Waals surface area contributed by atoms with Crippen LogP contribution in [0.5, 0.6) is 34.5 Å². The molecule has 2 saturated carbocycles. The quantitative estimate of drug-likeness (QED) is 0.0189. The molecule has 484 valence electrons. The van der Waals surface area contributed by atoms with Crippen LogP contribution in [0.1, 0.15) is 59.2 Å². The second-order valence-electron chi connectivity index (χ2n) is 22.5. The summed E-state index contributed by atoms with van der Waals surface area (Å²) in [5.74, 6) is -2.11. The zero-order valence-electron chi connectivity index (χ0n) is 50.6. The number of pyridine rings is 2. The largest absolute Gasteiger partial charge is 0.507 e. The average molecular weight is 1340 g/mol. The number of primary amides is 2. The maximum Gasteiger partial charge on any atom is 0.252 e. The van der Waals surface area contributed by atoms with Gasteiger partial charge in [0, 0.05) is 96.1 Å². The van der Waals surface area contributed by atoms with Crippen molar-refractivity contribution < 1.29 is 66.3 Å². The normalized spacial score (nSPS) is 15.4. The number of halogens is 3. The number of rotatable bonds is 22. The van der Waals surface area contributed by atoms with Gasteiger partial charge in [0.05, 0.1) is 55.2 Å². The van der Waals surface area contributed by atoms with E-state index in [0.717, 1.165) is 70.9 Å². The summed E-state index contributed by atoms with van der Waals surface area (Å²) >= 11 is 3.42. The Bertz CT molecular complexity index is 3980. The van der Waals surface area contributed by atoms with Crippen LogP contribution in [-0.2, 0) is 28.7 Å². The topological polar surface area (TPSA) is 301 Å². The number of amides is 6. The number of hydrogen-bond donors (Lipinski definition) is 7. The molecule has 0 unspecified atom stereocenters. The molecule has 0 spiro atoms. The van der Waals surface area contributed by atoms with E-state index in [1.54, 1.807) is 79.0 Å². The van der Waals surface area contributed by atoms with E-state index in [0.29, 0.717) is 106 Å². The van der Waals surface area contributed by atoms with Crippen LogP contribution in [0.3, 0.4) is 0 Å². The number of fused-ring (bicyclic) bond motifs is 2. The van der Waals surface area contributed by atoms with Gasteiger partial charge >= 0.3 is 0 Å². The number of hydrogen-bond acceptors (Lipinski definition) is 16. The number of carbonyl (C=O) groups excluding carboxylic acids is 6. The number of nitrogens with zero attached hydrogens (tertiary/aromatic N) is 4. The molecule has 0 bridgehead atoms. The molecule has 25 heteroatoms. The minimum Gasteiger partial charge on any atom is -0.507 e. The molecule has 6 aromatic carbocycles. The summed E-state index contributed by atoms with van der Waals surface area (Å²) in [4.78, 5) is 88.9. The minimum atomic E-state index is -1.18. The number of aromatic nitrogens is 2. The zero-order chi connectivity index (χ0) is 65.5. The van der Waals surface area contributed by atoms with Crippen LogP contribution in [-0.4, -0.2) is 138 Å². The molecule has 4 aliphatic rings. The van der Waals surface area contributed by atoms with E-state index in [4.69, 9.17) is 35.2 Å². The molecule has 4 fully saturated rings. The molecule has 0 radical (unpaired) electrons. The van der Waals surface area contributed by atoms with Crippen molar-refractivity contribution >= 4 is 95.9 Å². The van der Waals surface area contributed by atoms with Gasteiger partial charge in [0.25, 0.3) is 11.8 Å². The summed E-state index contributed by atoms with van der Waals surface area (Å²) < 4.78 is 55.0. The highest BCUT2D eigenvalue weighted by atomic mass is 79.9. The summed E-state index contributed by atoms with van der Waals surface area (Å²) in [6.45, 7) is 9.83. The van der Waals surface area contributed by atoms with Gasteiger partial charge in [0.2, 0.25) is 23.6 Å². The Labute approximate surface area is 542 Å².